The van der Waals surface area contributed by atoms with E-state index < -0.39 is 10.4 Å². The van der Waals surface area contributed by atoms with E-state index in [2.05, 4.69) is 0 Å². The Morgan fingerprint density at radius 3 is 0.556 bits per heavy atom. The molecule has 0 aliphatic carbocycles. The third-order valence-electron chi connectivity index (χ3n) is 0. The Hall–Kier alpha value is 0.390. The molecule has 25 N–H and O–H groups in total. The molecule has 0 aromatic carbocycles. The van der Waals surface area contributed by atoms with Crippen LogP contribution in [-0.2, 0) is 10.4 Å². The zero-order valence-corrected chi connectivity index (χ0v) is 11.9. The number of rotatable bonds is 0. The Morgan fingerprint density at radius 1 is 0.556 bits per heavy atom. The van der Waals surface area contributed by atoms with Crippen LogP contribution in [0, 0.1) is 0 Å². The van der Waals surface area contributed by atoms with E-state index in [4.69, 9.17) is 17.5 Å². The summed E-state index contributed by atoms with van der Waals surface area (Å²) in [6.07, 6.45) is 0. The van der Waals surface area contributed by atoms with Crippen LogP contribution in [0.4, 0.5) is 0 Å². The van der Waals surface area contributed by atoms with Gasteiger partial charge in [0.05, 0.1) is 0 Å². The summed E-state index contributed by atoms with van der Waals surface area (Å²) in [6, 6.07) is 0. The van der Waals surface area contributed by atoms with Gasteiger partial charge in [0, 0.05) is 0 Å². The minimum atomic E-state index is -4.92. The van der Waals surface area contributed by atoms with Gasteiger partial charge in [0.25, 0.3) is 0 Å². The Balaban J connectivity index is -0.00000000103. The SMILES string of the molecule is O.O.O.O.O.O.O.O.O.O.O.O.O=S(=O)([O-])O.[Na+]. The summed E-state index contributed by atoms with van der Waals surface area (Å²) < 4.78 is 32.8. The van der Waals surface area contributed by atoms with Crippen molar-refractivity contribution in [3.8, 4) is 0 Å². The van der Waals surface area contributed by atoms with Gasteiger partial charge in [0.15, 0.2) is 0 Å². The maximum Gasteiger partial charge on any atom is 1.00 e. The van der Waals surface area contributed by atoms with Crippen molar-refractivity contribution in [1.29, 1.82) is 0 Å². The van der Waals surface area contributed by atoms with E-state index in [1.807, 2.05) is 0 Å². The molecule has 18 heavy (non-hydrogen) atoms. The van der Waals surface area contributed by atoms with Crippen molar-refractivity contribution < 1.29 is 113 Å². The summed E-state index contributed by atoms with van der Waals surface area (Å²) in [5.41, 5.74) is 0. The van der Waals surface area contributed by atoms with Crippen LogP contribution in [0.3, 0.4) is 0 Å². The second-order valence-corrected chi connectivity index (χ2v) is 1.28. The molecule has 0 saturated heterocycles. The standard InChI is InChI=1S/Na.H2O4S.12H2O/c;1-5(2,3)4;;;;;;;;;;;;/h;(H2,1,2,3,4);12*1H2/q+1;;;;;;;;;;;;;/p-1. The second kappa shape index (κ2) is 114. The molecule has 0 aliphatic rings. The molecule has 18 heteroatoms. The topological polar surface area (TPSA) is 455 Å². The first-order valence-electron chi connectivity index (χ1n) is 0.683. The molecule has 0 amide bonds. The average Bonchev–Trinajstić information content (AvgIpc) is 0.722. The number of hydrogen-bond donors (Lipinski definition) is 1. The van der Waals surface area contributed by atoms with Crippen LogP contribution >= 0.6 is 0 Å². The van der Waals surface area contributed by atoms with Gasteiger partial charge in [0.2, 0.25) is 10.4 Å². The predicted molar refractivity (Wildman–Crippen MR) is 55.7 cm³/mol. The zero-order valence-electron chi connectivity index (χ0n) is 9.08. The molecule has 0 bridgehead atoms. The van der Waals surface area contributed by atoms with Crippen LogP contribution < -0.4 is 29.6 Å². The van der Waals surface area contributed by atoms with E-state index in [-0.39, 0.29) is 95.3 Å². The van der Waals surface area contributed by atoms with Crippen molar-refractivity contribution in [2.45, 2.75) is 0 Å². The molecule has 0 spiro atoms. The molecule has 0 heterocycles. The van der Waals surface area contributed by atoms with Crippen LogP contribution in [0.5, 0.6) is 0 Å². The zero-order chi connectivity index (χ0) is 4.50. The molecule has 16 nitrogen and oxygen atoms in total. The summed E-state index contributed by atoms with van der Waals surface area (Å²) in [4.78, 5) is 0. The van der Waals surface area contributed by atoms with Gasteiger partial charge in [0.1, 0.15) is 0 Å². The van der Waals surface area contributed by atoms with Crippen LogP contribution in [0.2, 0.25) is 0 Å². The number of hydrogen-bond acceptors (Lipinski definition) is 3. The Kier molecular flexibility index (Phi) is 1830. The Labute approximate surface area is 123 Å². The maximum absolute atomic E-state index is 8.63. The molecule has 0 aromatic rings. The van der Waals surface area contributed by atoms with Crippen molar-refractivity contribution in [3.05, 3.63) is 0 Å². The van der Waals surface area contributed by atoms with E-state index in [1.165, 1.54) is 0 Å². The smallest absolute Gasteiger partial charge is 0.726 e. The van der Waals surface area contributed by atoms with Gasteiger partial charge < -0.3 is 70.3 Å². The first kappa shape index (κ1) is 289. The first-order chi connectivity index (χ1) is 2.00. The van der Waals surface area contributed by atoms with Crippen molar-refractivity contribution in [1.82, 2.24) is 0 Å². The molecular weight excluding hydrogens is 311 g/mol. The van der Waals surface area contributed by atoms with Gasteiger partial charge >= 0.3 is 29.6 Å². The summed E-state index contributed by atoms with van der Waals surface area (Å²) in [7, 11) is -4.92. The van der Waals surface area contributed by atoms with Crippen LogP contribution in [0.1, 0.15) is 0 Å². The van der Waals surface area contributed by atoms with Gasteiger partial charge in [-0.1, -0.05) is 0 Å². The fourth-order valence-electron chi connectivity index (χ4n) is 0. The maximum atomic E-state index is 8.63. The second-order valence-electron chi connectivity index (χ2n) is 0.428. The van der Waals surface area contributed by atoms with Crippen molar-refractivity contribution in [2.75, 3.05) is 0 Å². The van der Waals surface area contributed by atoms with Gasteiger partial charge in [-0.2, -0.15) is 0 Å². The largest absolute Gasteiger partial charge is 1.00 e. The summed E-state index contributed by atoms with van der Waals surface area (Å²) in [5, 5.41) is 0. The Bertz CT molecular complexity index is 94.3. The van der Waals surface area contributed by atoms with Crippen molar-refractivity contribution >= 4 is 10.4 Å². The minimum absolute atomic E-state index is 0. The molecule has 0 saturated carbocycles. The van der Waals surface area contributed by atoms with E-state index in [9.17, 15) is 0 Å². The van der Waals surface area contributed by atoms with Crippen LogP contribution in [0.15, 0.2) is 0 Å². The molecule has 0 radical (unpaired) electrons. The molecule has 128 valence electrons. The van der Waals surface area contributed by atoms with Gasteiger partial charge in [-0.15, -0.1) is 0 Å². The molecular formula is H25NaO16S. The van der Waals surface area contributed by atoms with Gasteiger partial charge in [-0.05, 0) is 0 Å². The monoisotopic (exact) mass is 336 g/mol. The van der Waals surface area contributed by atoms with Gasteiger partial charge in [-0.3, -0.25) is 4.55 Å². The van der Waals surface area contributed by atoms with E-state index in [1.54, 1.807) is 0 Å². The van der Waals surface area contributed by atoms with Crippen molar-refractivity contribution in [2.24, 2.45) is 0 Å². The average molecular weight is 336 g/mol. The summed E-state index contributed by atoms with van der Waals surface area (Å²) in [6.45, 7) is 0. The Morgan fingerprint density at radius 2 is 0.556 bits per heavy atom. The molecule has 0 fully saturated rings. The summed E-state index contributed by atoms with van der Waals surface area (Å²) in [5.74, 6) is 0. The fraction of sp³-hybridized carbons (Fsp3) is 0. The fourth-order valence-corrected chi connectivity index (χ4v) is 0. The molecule has 0 aliphatic heterocycles. The minimum Gasteiger partial charge on any atom is -0.726 e. The summed E-state index contributed by atoms with van der Waals surface area (Å²) >= 11 is 0. The molecule has 0 atom stereocenters. The van der Waals surface area contributed by atoms with Gasteiger partial charge in [-0.25, -0.2) is 8.42 Å². The molecule has 0 aromatic heterocycles. The van der Waals surface area contributed by atoms with Crippen LogP contribution in [0.25, 0.3) is 0 Å². The van der Waals surface area contributed by atoms with E-state index in [0.717, 1.165) is 0 Å². The predicted octanol–water partition coefficient (Wildman–Crippen LogP) is -13.9. The first-order valence-corrected chi connectivity index (χ1v) is 2.05. The molecule has 0 unspecified atom stereocenters. The third-order valence-corrected chi connectivity index (χ3v) is 0. The van der Waals surface area contributed by atoms with E-state index in [0.29, 0.717) is 0 Å². The third kappa shape index (κ3) is 25500. The normalized spacial score (nSPS) is 3.22. The molecule has 0 rings (SSSR count). The van der Waals surface area contributed by atoms with E-state index >= 15 is 0 Å². The quantitative estimate of drug-likeness (QED) is 0.255. The van der Waals surface area contributed by atoms with Crippen molar-refractivity contribution in [3.63, 3.8) is 0 Å². The van der Waals surface area contributed by atoms with Crippen LogP contribution in [-0.4, -0.2) is 83.2 Å².